The summed E-state index contributed by atoms with van der Waals surface area (Å²) in [5.74, 6) is 0.0797. The minimum atomic E-state index is -0.430. The zero-order valence-electron chi connectivity index (χ0n) is 15.4. The monoisotopic (exact) mass is 384 g/mol. The number of carbonyl (C=O) groups is 1. The molecule has 0 unspecified atom stereocenters. The van der Waals surface area contributed by atoms with Crippen molar-refractivity contribution in [3.05, 3.63) is 59.4 Å². The molecule has 0 aliphatic heterocycles. The molecule has 5 nitrogen and oxygen atoms in total. The van der Waals surface area contributed by atoms with Gasteiger partial charge in [0, 0.05) is 11.3 Å². The lowest BCUT2D eigenvalue weighted by molar-refractivity contribution is -0.115. The molecule has 0 aliphatic carbocycles. The number of hydrogen-bond acceptors (Lipinski definition) is 4. The van der Waals surface area contributed by atoms with Gasteiger partial charge in [-0.2, -0.15) is 0 Å². The molecule has 3 rings (SSSR count). The molecule has 1 heterocycles. The molecule has 0 bridgehead atoms. The van der Waals surface area contributed by atoms with Gasteiger partial charge in [0.15, 0.2) is 5.82 Å². The van der Waals surface area contributed by atoms with Crippen LogP contribution in [0.2, 0.25) is 0 Å². The lowest BCUT2D eigenvalue weighted by Gasteiger charge is -2.10. The molecule has 0 saturated carbocycles. The van der Waals surface area contributed by atoms with E-state index in [1.54, 1.807) is 26.0 Å². The Morgan fingerprint density at radius 2 is 2.00 bits per heavy atom. The molecule has 0 fully saturated rings. The van der Waals surface area contributed by atoms with Crippen molar-refractivity contribution in [2.24, 2.45) is 0 Å². The third-order valence-electron chi connectivity index (χ3n) is 4.19. The fourth-order valence-electron chi connectivity index (χ4n) is 2.45. The Bertz CT molecular complexity index is 939. The number of nitrogens with zero attached hydrogens (tertiary/aromatic N) is 2. The van der Waals surface area contributed by atoms with Crippen LogP contribution < -0.4 is 5.32 Å². The Balaban J connectivity index is 1.63. The van der Waals surface area contributed by atoms with Crippen LogP contribution >= 0.6 is 11.8 Å². The lowest BCUT2D eigenvalue weighted by atomic mass is 10.1. The highest BCUT2D eigenvalue weighted by molar-refractivity contribution is 8.00. The van der Waals surface area contributed by atoms with E-state index in [1.807, 2.05) is 12.1 Å². The van der Waals surface area contributed by atoms with E-state index in [0.717, 1.165) is 12.0 Å². The number of carbonyl (C=O) groups excluding carboxylic acids is 1. The van der Waals surface area contributed by atoms with Gasteiger partial charge < -0.3 is 5.32 Å². The predicted octanol–water partition coefficient (Wildman–Crippen LogP) is 4.60. The molecule has 2 aromatic carbocycles. The molecular formula is C20H21FN4OS. The fraction of sp³-hybridized carbons (Fsp3) is 0.250. The van der Waals surface area contributed by atoms with E-state index in [9.17, 15) is 9.18 Å². The van der Waals surface area contributed by atoms with Crippen molar-refractivity contribution in [1.82, 2.24) is 15.2 Å². The average Bonchev–Trinajstić information content (AvgIpc) is 3.13. The van der Waals surface area contributed by atoms with Crippen LogP contribution in [0, 0.1) is 12.7 Å². The summed E-state index contributed by atoms with van der Waals surface area (Å²) in [5, 5.41) is 9.85. The summed E-state index contributed by atoms with van der Waals surface area (Å²) in [5.41, 5.74) is 3.17. The number of amides is 1. The third kappa shape index (κ3) is 4.74. The molecule has 0 spiro atoms. The summed E-state index contributed by atoms with van der Waals surface area (Å²) in [6.45, 7) is 5.54. The summed E-state index contributed by atoms with van der Waals surface area (Å²) in [6, 6.07) is 12.7. The van der Waals surface area contributed by atoms with Crippen LogP contribution in [0.15, 0.2) is 47.6 Å². The summed E-state index contributed by atoms with van der Waals surface area (Å²) in [6.07, 6.45) is 0.981. The number of halogens is 1. The van der Waals surface area contributed by atoms with Gasteiger partial charge in [-0.25, -0.2) is 9.37 Å². The number of hydrogen-bond donors (Lipinski definition) is 2. The molecule has 1 aromatic heterocycles. The van der Waals surface area contributed by atoms with Crippen molar-refractivity contribution in [2.75, 3.05) is 5.32 Å². The highest BCUT2D eigenvalue weighted by Crippen LogP contribution is 2.24. The Kier molecular flexibility index (Phi) is 5.91. The molecule has 0 radical (unpaired) electrons. The Hall–Kier alpha value is -2.67. The van der Waals surface area contributed by atoms with Crippen molar-refractivity contribution in [2.45, 2.75) is 37.6 Å². The van der Waals surface area contributed by atoms with Crippen molar-refractivity contribution in [1.29, 1.82) is 0 Å². The van der Waals surface area contributed by atoms with Crippen LogP contribution in [-0.2, 0) is 11.2 Å². The fourth-order valence-corrected chi connectivity index (χ4v) is 3.18. The number of H-pyrrole nitrogens is 1. The van der Waals surface area contributed by atoms with Crippen LogP contribution in [0.1, 0.15) is 25.0 Å². The highest BCUT2D eigenvalue weighted by atomic mass is 32.2. The number of nitrogens with one attached hydrogen (secondary N) is 2. The first kappa shape index (κ1) is 19.1. The number of benzene rings is 2. The van der Waals surface area contributed by atoms with Crippen LogP contribution in [0.5, 0.6) is 0 Å². The maximum Gasteiger partial charge on any atom is 0.237 e. The van der Waals surface area contributed by atoms with E-state index in [-0.39, 0.29) is 11.7 Å². The van der Waals surface area contributed by atoms with Gasteiger partial charge in [-0.05, 0) is 43.5 Å². The molecule has 1 amide bonds. The number of thioether (sulfide) groups is 1. The van der Waals surface area contributed by atoms with Crippen molar-refractivity contribution < 1.29 is 9.18 Å². The zero-order valence-corrected chi connectivity index (χ0v) is 16.2. The molecule has 0 saturated heterocycles. The Morgan fingerprint density at radius 3 is 2.67 bits per heavy atom. The average molecular weight is 384 g/mol. The number of anilines is 1. The van der Waals surface area contributed by atoms with Gasteiger partial charge >= 0.3 is 0 Å². The van der Waals surface area contributed by atoms with Gasteiger partial charge in [-0.3, -0.25) is 9.89 Å². The van der Waals surface area contributed by atoms with Crippen LogP contribution in [0.3, 0.4) is 0 Å². The van der Waals surface area contributed by atoms with Crippen molar-refractivity contribution in [3.8, 4) is 11.4 Å². The maximum atomic E-state index is 13.6. The minimum Gasteiger partial charge on any atom is -0.325 e. The summed E-state index contributed by atoms with van der Waals surface area (Å²) in [4.78, 5) is 16.8. The first-order valence-electron chi connectivity index (χ1n) is 8.71. The SMILES string of the molecule is CCc1ccc(-c2nc(S[C@@H](C)C(=O)Nc3ccc(C)c(F)c3)n[nH]2)cc1. The summed E-state index contributed by atoms with van der Waals surface area (Å²) >= 11 is 1.24. The standard InChI is InChI=1S/C20H21FN4OS/c1-4-14-6-8-15(9-7-14)18-23-20(25-24-18)27-13(3)19(26)22-16-10-5-12(2)17(21)11-16/h5-11,13H,4H2,1-3H3,(H,22,26)(H,23,24,25)/t13-/m0/s1. The second kappa shape index (κ2) is 8.35. The number of rotatable bonds is 6. The Labute approximate surface area is 161 Å². The normalized spacial score (nSPS) is 12.0. The zero-order chi connectivity index (χ0) is 19.4. The molecule has 140 valence electrons. The van der Waals surface area contributed by atoms with Gasteiger partial charge in [0.2, 0.25) is 11.1 Å². The molecule has 0 aliphatic rings. The number of aromatic amines is 1. The molecule has 3 aromatic rings. The molecule has 1 atom stereocenters. The van der Waals surface area contributed by atoms with E-state index in [1.165, 1.54) is 23.4 Å². The number of aromatic nitrogens is 3. The second-order valence-corrected chi connectivity index (χ2v) is 7.54. The van der Waals surface area contributed by atoms with E-state index in [4.69, 9.17) is 0 Å². The van der Waals surface area contributed by atoms with Gasteiger partial charge in [-0.15, -0.1) is 5.10 Å². The maximum absolute atomic E-state index is 13.6. The smallest absolute Gasteiger partial charge is 0.237 e. The van der Waals surface area contributed by atoms with Crippen molar-refractivity contribution >= 4 is 23.4 Å². The van der Waals surface area contributed by atoms with E-state index < -0.39 is 5.25 Å². The molecular weight excluding hydrogens is 363 g/mol. The van der Waals surface area contributed by atoms with E-state index in [2.05, 4.69) is 39.6 Å². The third-order valence-corrected chi connectivity index (χ3v) is 5.15. The van der Waals surface area contributed by atoms with Crippen LogP contribution in [0.25, 0.3) is 11.4 Å². The first-order chi connectivity index (χ1) is 13.0. The van der Waals surface area contributed by atoms with Gasteiger partial charge in [0.25, 0.3) is 0 Å². The second-order valence-electron chi connectivity index (χ2n) is 6.23. The van der Waals surface area contributed by atoms with E-state index in [0.29, 0.717) is 22.2 Å². The quantitative estimate of drug-likeness (QED) is 0.609. The molecule has 27 heavy (non-hydrogen) atoms. The first-order valence-corrected chi connectivity index (χ1v) is 9.59. The lowest BCUT2D eigenvalue weighted by Crippen LogP contribution is -2.22. The summed E-state index contributed by atoms with van der Waals surface area (Å²) < 4.78 is 13.6. The minimum absolute atomic E-state index is 0.234. The molecule has 2 N–H and O–H groups in total. The van der Waals surface area contributed by atoms with Crippen LogP contribution in [-0.4, -0.2) is 26.3 Å². The van der Waals surface area contributed by atoms with E-state index >= 15 is 0 Å². The van der Waals surface area contributed by atoms with Crippen LogP contribution in [0.4, 0.5) is 10.1 Å². The largest absolute Gasteiger partial charge is 0.325 e. The van der Waals surface area contributed by atoms with Gasteiger partial charge in [0.1, 0.15) is 5.82 Å². The predicted molar refractivity (Wildman–Crippen MR) is 106 cm³/mol. The highest BCUT2D eigenvalue weighted by Gasteiger charge is 2.18. The molecule has 7 heteroatoms. The topological polar surface area (TPSA) is 70.7 Å². The van der Waals surface area contributed by atoms with Gasteiger partial charge in [-0.1, -0.05) is 49.0 Å². The summed E-state index contributed by atoms with van der Waals surface area (Å²) in [7, 11) is 0. The van der Waals surface area contributed by atoms with Gasteiger partial charge in [0.05, 0.1) is 5.25 Å². The number of aryl methyl sites for hydroxylation is 2. The van der Waals surface area contributed by atoms with Crippen molar-refractivity contribution in [3.63, 3.8) is 0 Å². The Morgan fingerprint density at radius 1 is 1.26 bits per heavy atom.